The molecule has 0 spiro atoms. The minimum Gasteiger partial charge on any atom is -0.392 e. The van der Waals surface area contributed by atoms with E-state index in [4.69, 9.17) is 11.6 Å². The first-order valence-corrected chi connectivity index (χ1v) is 8.39. The summed E-state index contributed by atoms with van der Waals surface area (Å²) in [5, 5.41) is 24.4. The molecule has 5 heteroatoms. The van der Waals surface area contributed by atoms with Crippen LogP contribution >= 0.6 is 11.6 Å². The number of hydrogen-bond acceptors (Lipinski definition) is 3. The number of aliphatic hydroxyl groups is 2. The zero-order chi connectivity index (χ0) is 16.9. The first kappa shape index (κ1) is 17.0. The fourth-order valence-electron chi connectivity index (χ4n) is 2.83. The minimum absolute atomic E-state index is 0.0488. The SMILES string of the molecule is OCc1ccc2c(CCNCC(O)c3cccc(Cl)c3)c[nH]c2c1. The Hall–Kier alpha value is -1.85. The topological polar surface area (TPSA) is 68.3 Å². The van der Waals surface area contributed by atoms with Crippen molar-refractivity contribution in [1.29, 1.82) is 0 Å². The van der Waals surface area contributed by atoms with Gasteiger partial charge in [0.05, 0.1) is 12.7 Å². The summed E-state index contributed by atoms with van der Waals surface area (Å²) in [6.07, 6.45) is 2.29. The maximum Gasteiger partial charge on any atom is 0.0914 e. The van der Waals surface area contributed by atoms with E-state index in [1.807, 2.05) is 36.5 Å². The molecule has 0 fully saturated rings. The number of aromatic amines is 1. The van der Waals surface area contributed by atoms with Crippen LogP contribution in [0.15, 0.2) is 48.7 Å². The smallest absolute Gasteiger partial charge is 0.0914 e. The Morgan fingerprint density at radius 2 is 2.04 bits per heavy atom. The van der Waals surface area contributed by atoms with E-state index >= 15 is 0 Å². The van der Waals surface area contributed by atoms with Crippen molar-refractivity contribution in [2.45, 2.75) is 19.1 Å². The normalized spacial score (nSPS) is 12.6. The second-order valence-corrected chi connectivity index (χ2v) is 6.31. The van der Waals surface area contributed by atoms with Crippen LogP contribution < -0.4 is 5.32 Å². The highest BCUT2D eigenvalue weighted by atomic mass is 35.5. The first-order valence-electron chi connectivity index (χ1n) is 8.01. The molecule has 0 amide bonds. The second kappa shape index (κ2) is 7.81. The van der Waals surface area contributed by atoms with Crippen LogP contribution in [0.4, 0.5) is 0 Å². The Balaban J connectivity index is 1.53. The van der Waals surface area contributed by atoms with Gasteiger partial charge < -0.3 is 20.5 Å². The Bertz CT molecular complexity index is 816. The van der Waals surface area contributed by atoms with Crippen LogP contribution in [0.1, 0.15) is 22.8 Å². The van der Waals surface area contributed by atoms with Crippen LogP contribution in [0.25, 0.3) is 10.9 Å². The van der Waals surface area contributed by atoms with Gasteiger partial charge in [-0.05, 0) is 47.9 Å². The molecular weight excluding hydrogens is 324 g/mol. The molecule has 0 aliphatic heterocycles. The zero-order valence-electron chi connectivity index (χ0n) is 13.3. The highest BCUT2D eigenvalue weighted by molar-refractivity contribution is 6.30. The fraction of sp³-hybridized carbons (Fsp3) is 0.263. The molecular formula is C19H21ClN2O2. The van der Waals surface area contributed by atoms with Crippen LogP contribution in [-0.4, -0.2) is 28.3 Å². The summed E-state index contributed by atoms with van der Waals surface area (Å²) in [4.78, 5) is 3.24. The van der Waals surface area contributed by atoms with Crippen LogP contribution in [-0.2, 0) is 13.0 Å². The quantitative estimate of drug-likeness (QED) is 0.498. The largest absolute Gasteiger partial charge is 0.392 e. The third kappa shape index (κ3) is 3.97. The number of rotatable bonds is 7. The van der Waals surface area contributed by atoms with Crippen molar-refractivity contribution in [3.05, 3.63) is 70.4 Å². The Morgan fingerprint density at radius 1 is 1.17 bits per heavy atom. The number of nitrogens with one attached hydrogen (secondary N) is 2. The number of H-pyrrole nitrogens is 1. The van der Waals surface area contributed by atoms with Gasteiger partial charge in [-0.3, -0.25) is 0 Å². The van der Waals surface area contributed by atoms with E-state index in [-0.39, 0.29) is 6.61 Å². The maximum atomic E-state index is 10.2. The van der Waals surface area contributed by atoms with Gasteiger partial charge in [-0.15, -0.1) is 0 Å². The zero-order valence-corrected chi connectivity index (χ0v) is 14.1. The number of fused-ring (bicyclic) bond motifs is 1. The standard InChI is InChI=1S/C19H21ClN2O2/c20-16-3-1-2-14(9-16)19(24)11-21-7-6-15-10-22-18-8-13(12-23)4-5-17(15)18/h1-5,8-10,19,21-24H,6-7,11-12H2. The monoisotopic (exact) mass is 344 g/mol. The van der Waals surface area contributed by atoms with Gasteiger partial charge in [-0.1, -0.05) is 35.9 Å². The van der Waals surface area contributed by atoms with E-state index in [2.05, 4.69) is 10.3 Å². The third-order valence-electron chi connectivity index (χ3n) is 4.16. The van der Waals surface area contributed by atoms with Crippen LogP contribution in [0.3, 0.4) is 0 Å². The van der Waals surface area contributed by atoms with Crippen molar-refractivity contribution in [2.75, 3.05) is 13.1 Å². The summed E-state index contributed by atoms with van der Waals surface area (Å²) in [6.45, 7) is 1.30. The molecule has 1 atom stereocenters. The molecule has 1 heterocycles. The molecule has 1 unspecified atom stereocenters. The van der Waals surface area contributed by atoms with Gasteiger partial charge in [-0.25, -0.2) is 0 Å². The van der Waals surface area contributed by atoms with E-state index in [9.17, 15) is 10.2 Å². The number of aliphatic hydroxyl groups excluding tert-OH is 2. The molecule has 3 rings (SSSR count). The predicted molar refractivity (Wildman–Crippen MR) is 97.2 cm³/mol. The molecule has 3 aromatic rings. The van der Waals surface area contributed by atoms with Gasteiger partial charge in [0.15, 0.2) is 0 Å². The third-order valence-corrected chi connectivity index (χ3v) is 4.39. The molecule has 0 aliphatic carbocycles. The van der Waals surface area contributed by atoms with E-state index in [1.165, 1.54) is 10.9 Å². The van der Waals surface area contributed by atoms with Gasteiger partial charge in [0.2, 0.25) is 0 Å². The van der Waals surface area contributed by atoms with E-state index in [0.29, 0.717) is 11.6 Å². The summed E-state index contributed by atoms with van der Waals surface area (Å²) in [7, 11) is 0. The van der Waals surface area contributed by atoms with Crippen LogP contribution in [0.5, 0.6) is 0 Å². The van der Waals surface area contributed by atoms with Gasteiger partial charge in [0.25, 0.3) is 0 Å². The summed E-state index contributed by atoms with van der Waals surface area (Å²) in [5.41, 5.74) is 3.98. The first-order chi connectivity index (χ1) is 11.7. The predicted octanol–water partition coefficient (Wildman–Crippen LogP) is 3.18. The molecule has 126 valence electrons. The number of benzene rings is 2. The lowest BCUT2D eigenvalue weighted by Crippen LogP contribution is -2.23. The number of aromatic nitrogens is 1. The summed E-state index contributed by atoms with van der Waals surface area (Å²) in [5.74, 6) is 0. The maximum absolute atomic E-state index is 10.2. The molecule has 0 saturated carbocycles. The van der Waals surface area contributed by atoms with Crippen LogP contribution in [0, 0.1) is 0 Å². The lowest BCUT2D eigenvalue weighted by molar-refractivity contribution is 0.175. The van der Waals surface area contributed by atoms with Gasteiger partial charge in [-0.2, -0.15) is 0 Å². The Kier molecular flexibility index (Phi) is 5.53. The van der Waals surface area contributed by atoms with E-state index in [0.717, 1.165) is 29.6 Å². The molecule has 0 bridgehead atoms. The van der Waals surface area contributed by atoms with Crippen molar-refractivity contribution in [3.63, 3.8) is 0 Å². The molecule has 0 aliphatic rings. The molecule has 4 N–H and O–H groups in total. The van der Waals surface area contributed by atoms with Gasteiger partial charge in [0, 0.05) is 28.7 Å². The minimum atomic E-state index is -0.571. The number of halogens is 1. The molecule has 4 nitrogen and oxygen atoms in total. The summed E-state index contributed by atoms with van der Waals surface area (Å²) >= 11 is 5.94. The molecule has 1 aromatic heterocycles. The average molecular weight is 345 g/mol. The number of hydrogen-bond donors (Lipinski definition) is 4. The highest BCUT2D eigenvalue weighted by Gasteiger charge is 2.08. The molecule has 2 aromatic carbocycles. The molecule has 0 saturated heterocycles. The van der Waals surface area contributed by atoms with Crippen molar-refractivity contribution in [1.82, 2.24) is 10.3 Å². The Labute approximate surface area is 146 Å². The van der Waals surface area contributed by atoms with Crippen molar-refractivity contribution in [3.8, 4) is 0 Å². The Morgan fingerprint density at radius 3 is 2.83 bits per heavy atom. The lowest BCUT2D eigenvalue weighted by atomic mass is 10.1. The van der Waals surface area contributed by atoms with Gasteiger partial charge in [0.1, 0.15) is 0 Å². The van der Waals surface area contributed by atoms with E-state index in [1.54, 1.807) is 12.1 Å². The summed E-state index contributed by atoms with van der Waals surface area (Å²) < 4.78 is 0. The second-order valence-electron chi connectivity index (χ2n) is 5.88. The van der Waals surface area contributed by atoms with Crippen molar-refractivity contribution in [2.24, 2.45) is 0 Å². The molecule has 0 radical (unpaired) electrons. The average Bonchev–Trinajstić information content (AvgIpc) is 3.00. The van der Waals surface area contributed by atoms with Crippen molar-refractivity contribution >= 4 is 22.5 Å². The fourth-order valence-corrected chi connectivity index (χ4v) is 3.03. The molecule has 24 heavy (non-hydrogen) atoms. The van der Waals surface area contributed by atoms with Crippen LogP contribution in [0.2, 0.25) is 5.02 Å². The van der Waals surface area contributed by atoms with Gasteiger partial charge >= 0.3 is 0 Å². The van der Waals surface area contributed by atoms with Crippen molar-refractivity contribution < 1.29 is 10.2 Å². The van der Waals surface area contributed by atoms with E-state index < -0.39 is 6.10 Å². The highest BCUT2D eigenvalue weighted by Crippen LogP contribution is 2.20. The summed E-state index contributed by atoms with van der Waals surface area (Å²) in [6, 6.07) is 13.2. The lowest BCUT2D eigenvalue weighted by Gasteiger charge is -2.12.